The van der Waals surface area contributed by atoms with Gasteiger partial charge in [-0.25, -0.2) is 4.79 Å². The Morgan fingerprint density at radius 3 is 2.41 bits per heavy atom. The fourth-order valence-corrected chi connectivity index (χ4v) is 2.57. The molecule has 2 aromatic carbocycles. The van der Waals surface area contributed by atoms with Crippen LogP contribution in [0.3, 0.4) is 0 Å². The number of nitrogens with zero attached hydrogens (tertiary/aromatic N) is 1. The van der Waals surface area contributed by atoms with E-state index in [9.17, 15) is 9.59 Å². The number of hydrogen-bond donors (Lipinski definition) is 2. The van der Waals surface area contributed by atoms with E-state index in [0.29, 0.717) is 16.5 Å². The topological polar surface area (TPSA) is 70.7 Å². The minimum Gasteiger partial charge on any atom is -0.484 e. The summed E-state index contributed by atoms with van der Waals surface area (Å²) in [7, 11) is 1.69. The number of carbonyl (C=O) groups excluding carboxylic acids is 2. The van der Waals surface area contributed by atoms with E-state index in [2.05, 4.69) is 10.6 Å². The molecule has 0 aliphatic heterocycles. The van der Waals surface area contributed by atoms with E-state index in [4.69, 9.17) is 16.3 Å². The molecule has 7 heteroatoms. The minimum atomic E-state index is -0.307. The zero-order valence-electron chi connectivity index (χ0n) is 15.9. The molecule has 0 fully saturated rings. The lowest BCUT2D eigenvalue weighted by Crippen LogP contribution is -2.40. The molecule has 0 radical (unpaired) electrons. The SMILES string of the molecule is Cc1ccc(NC(=O)COc2ccc(N(C)C(=O)NC(C)C)cc2)c(Cl)c1. The van der Waals surface area contributed by atoms with E-state index in [1.165, 1.54) is 4.90 Å². The standard InChI is InChI=1S/C20H24ClN3O3/c1-13(2)22-20(26)24(4)15-6-8-16(9-7-15)27-12-19(25)23-18-10-5-14(3)11-17(18)21/h5-11,13H,12H2,1-4H3,(H,22,26)(H,23,25). The van der Waals surface area contributed by atoms with Crippen molar-refractivity contribution < 1.29 is 14.3 Å². The van der Waals surface area contributed by atoms with Gasteiger partial charge in [-0.15, -0.1) is 0 Å². The lowest BCUT2D eigenvalue weighted by molar-refractivity contribution is -0.118. The second-order valence-electron chi connectivity index (χ2n) is 6.48. The van der Waals surface area contributed by atoms with Crippen LogP contribution in [0.25, 0.3) is 0 Å². The molecule has 0 atom stereocenters. The number of hydrogen-bond acceptors (Lipinski definition) is 3. The number of aryl methyl sites for hydroxylation is 1. The van der Waals surface area contributed by atoms with Gasteiger partial charge >= 0.3 is 6.03 Å². The third-order valence-corrected chi connectivity index (χ3v) is 4.02. The highest BCUT2D eigenvalue weighted by atomic mass is 35.5. The number of halogens is 1. The number of benzene rings is 2. The molecule has 2 rings (SSSR count). The molecule has 6 nitrogen and oxygen atoms in total. The van der Waals surface area contributed by atoms with Gasteiger partial charge < -0.3 is 15.4 Å². The highest BCUT2D eigenvalue weighted by Crippen LogP contribution is 2.23. The number of rotatable bonds is 6. The summed E-state index contributed by atoms with van der Waals surface area (Å²) >= 11 is 6.10. The average Bonchev–Trinajstić information content (AvgIpc) is 2.61. The normalized spacial score (nSPS) is 10.4. The number of nitrogens with one attached hydrogen (secondary N) is 2. The summed E-state index contributed by atoms with van der Waals surface area (Å²) in [6.07, 6.45) is 0. The molecule has 2 aromatic rings. The first-order valence-corrected chi connectivity index (χ1v) is 8.97. The Morgan fingerprint density at radius 2 is 1.81 bits per heavy atom. The van der Waals surface area contributed by atoms with Crippen LogP contribution in [0.5, 0.6) is 5.75 Å². The number of ether oxygens (including phenoxy) is 1. The van der Waals surface area contributed by atoms with Crippen molar-refractivity contribution in [1.29, 1.82) is 0 Å². The van der Waals surface area contributed by atoms with E-state index in [0.717, 1.165) is 11.3 Å². The lowest BCUT2D eigenvalue weighted by Gasteiger charge is -2.20. The van der Waals surface area contributed by atoms with Gasteiger partial charge in [0.15, 0.2) is 6.61 Å². The van der Waals surface area contributed by atoms with Gasteiger partial charge in [0.2, 0.25) is 0 Å². The van der Waals surface area contributed by atoms with Gasteiger partial charge in [-0.3, -0.25) is 9.69 Å². The van der Waals surface area contributed by atoms with Crippen LogP contribution in [-0.2, 0) is 4.79 Å². The molecular formula is C20H24ClN3O3. The van der Waals surface area contributed by atoms with Gasteiger partial charge in [0, 0.05) is 18.8 Å². The molecule has 27 heavy (non-hydrogen) atoms. The molecule has 0 saturated carbocycles. The Labute approximate surface area is 164 Å². The summed E-state index contributed by atoms with van der Waals surface area (Å²) in [5.41, 5.74) is 2.28. The summed E-state index contributed by atoms with van der Waals surface area (Å²) in [5.74, 6) is 0.222. The average molecular weight is 390 g/mol. The molecule has 0 aromatic heterocycles. The van der Waals surface area contributed by atoms with E-state index in [1.807, 2.05) is 26.8 Å². The van der Waals surface area contributed by atoms with Crippen LogP contribution in [-0.4, -0.2) is 31.6 Å². The van der Waals surface area contributed by atoms with Gasteiger partial charge in [0.25, 0.3) is 5.91 Å². The maximum atomic E-state index is 12.0. The molecule has 144 valence electrons. The molecule has 0 saturated heterocycles. The summed E-state index contributed by atoms with van der Waals surface area (Å²) in [6, 6.07) is 12.2. The quantitative estimate of drug-likeness (QED) is 0.777. The molecular weight excluding hydrogens is 366 g/mol. The molecule has 0 bridgehead atoms. The van der Waals surface area contributed by atoms with Crippen molar-refractivity contribution in [3.05, 3.63) is 53.1 Å². The Kier molecular flexibility index (Phi) is 7.07. The van der Waals surface area contributed by atoms with Crippen LogP contribution in [0.1, 0.15) is 19.4 Å². The zero-order valence-corrected chi connectivity index (χ0v) is 16.6. The number of amides is 3. The molecule has 3 amide bonds. The number of carbonyl (C=O) groups is 2. The third kappa shape index (κ3) is 6.18. The fraction of sp³-hybridized carbons (Fsp3) is 0.300. The fourth-order valence-electron chi connectivity index (χ4n) is 2.28. The summed E-state index contributed by atoms with van der Waals surface area (Å²) < 4.78 is 5.49. The molecule has 2 N–H and O–H groups in total. The highest BCUT2D eigenvalue weighted by molar-refractivity contribution is 6.33. The smallest absolute Gasteiger partial charge is 0.321 e. The van der Waals surface area contributed by atoms with Crippen molar-refractivity contribution in [3.63, 3.8) is 0 Å². The Morgan fingerprint density at radius 1 is 1.15 bits per heavy atom. The molecule has 0 unspecified atom stereocenters. The Bertz CT molecular complexity index is 807. The summed E-state index contributed by atoms with van der Waals surface area (Å²) in [5, 5.41) is 6.01. The molecule has 0 aliphatic carbocycles. The van der Waals surface area contributed by atoms with Crippen molar-refractivity contribution in [2.45, 2.75) is 26.8 Å². The van der Waals surface area contributed by atoms with E-state index in [-0.39, 0.29) is 24.6 Å². The largest absolute Gasteiger partial charge is 0.484 e. The van der Waals surface area contributed by atoms with E-state index in [1.54, 1.807) is 43.4 Å². The second kappa shape index (κ2) is 9.28. The maximum absolute atomic E-state index is 12.0. The predicted octanol–water partition coefficient (Wildman–Crippen LogP) is 4.22. The van der Waals surface area contributed by atoms with Crippen molar-refractivity contribution in [2.75, 3.05) is 23.9 Å². The van der Waals surface area contributed by atoms with Crippen molar-refractivity contribution >= 4 is 34.9 Å². The Balaban J connectivity index is 1.89. The molecule has 0 aliphatic rings. The maximum Gasteiger partial charge on any atom is 0.321 e. The first-order chi connectivity index (χ1) is 12.8. The van der Waals surface area contributed by atoms with Crippen LogP contribution >= 0.6 is 11.6 Å². The van der Waals surface area contributed by atoms with Crippen molar-refractivity contribution in [2.24, 2.45) is 0 Å². The minimum absolute atomic E-state index is 0.0584. The van der Waals surface area contributed by atoms with Crippen LogP contribution in [0.4, 0.5) is 16.2 Å². The monoisotopic (exact) mass is 389 g/mol. The molecule has 0 spiro atoms. The van der Waals surface area contributed by atoms with E-state index >= 15 is 0 Å². The van der Waals surface area contributed by atoms with Crippen LogP contribution in [0, 0.1) is 6.92 Å². The summed E-state index contributed by atoms with van der Waals surface area (Å²) in [4.78, 5) is 25.5. The first-order valence-electron chi connectivity index (χ1n) is 8.59. The Hall–Kier alpha value is -2.73. The lowest BCUT2D eigenvalue weighted by atomic mass is 10.2. The van der Waals surface area contributed by atoms with E-state index < -0.39 is 0 Å². The summed E-state index contributed by atoms with van der Waals surface area (Å²) in [6.45, 7) is 5.58. The first kappa shape index (κ1) is 20.6. The third-order valence-electron chi connectivity index (χ3n) is 3.71. The highest BCUT2D eigenvalue weighted by Gasteiger charge is 2.12. The molecule has 0 heterocycles. The van der Waals surface area contributed by atoms with Gasteiger partial charge in [0.05, 0.1) is 10.7 Å². The van der Waals surface area contributed by atoms with Gasteiger partial charge in [-0.2, -0.15) is 0 Å². The predicted molar refractivity (Wildman–Crippen MR) is 109 cm³/mol. The van der Waals surface area contributed by atoms with Gasteiger partial charge in [-0.05, 0) is 62.7 Å². The number of anilines is 2. The zero-order chi connectivity index (χ0) is 20.0. The van der Waals surface area contributed by atoms with Crippen LogP contribution in [0.2, 0.25) is 5.02 Å². The van der Waals surface area contributed by atoms with Gasteiger partial charge in [-0.1, -0.05) is 17.7 Å². The van der Waals surface area contributed by atoms with Crippen molar-refractivity contribution in [3.8, 4) is 5.75 Å². The second-order valence-corrected chi connectivity index (χ2v) is 6.88. The van der Waals surface area contributed by atoms with Crippen molar-refractivity contribution in [1.82, 2.24) is 5.32 Å². The number of urea groups is 1. The van der Waals surface area contributed by atoms with Crippen LogP contribution < -0.4 is 20.3 Å². The van der Waals surface area contributed by atoms with Gasteiger partial charge in [0.1, 0.15) is 5.75 Å². The van der Waals surface area contributed by atoms with Crippen LogP contribution in [0.15, 0.2) is 42.5 Å².